The third kappa shape index (κ3) is 6.05. The molecule has 0 aromatic carbocycles. The van der Waals surface area contributed by atoms with E-state index in [0.717, 1.165) is 12.5 Å². The van der Waals surface area contributed by atoms with E-state index in [4.69, 9.17) is 5.11 Å². The first-order valence-electron chi connectivity index (χ1n) is 5.28. The molecule has 1 N–H and O–H groups in total. The Kier molecular flexibility index (Phi) is 6.35. The van der Waals surface area contributed by atoms with Crippen LogP contribution in [0, 0.1) is 11.8 Å². The molecule has 0 saturated carbocycles. The Morgan fingerprint density at radius 3 is 2.08 bits per heavy atom. The van der Waals surface area contributed by atoms with Gasteiger partial charge >= 0.3 is 0 Å². The normalized spacial score (nSPS) is 16.6. The van der Waals surface area contributed by atoms with Crippen LogP contribution in [-0.2, 0) is 0 Å². The van der Waals surface area contributed by atoms with Gasteiger partial charge < -0.3 is 10.0 Å². The van der Waals surface area contributed by atoms with Crippen LogP contribution >= 0.6 is 0 Å². The third-order valence-corrected chi connectivity index (χ3v) is 2.48. The molecule has 2 heteroatoms. The van der Waals surface area contributed by atoms with Crippen LogP contribution in [0.15, 0.2) is 0 Å². The van der Waals surface area contributed by atoms with Crippen LogP contribution in [0.4, 0.5) is 0 Å². The Bertz CT molecular complexity index is 125. The maximum Gasteiger partial charge on any atom is 0.0468 e. The van der Waals surface area contributed by atoms with E-state index in [2.05, 4.69) is 39.6 Å². The Morgan fingerprint density at radius 1 is 1.15 bits per heavy atom. The molecule has 0 aromatic heterocycles. The quantitative estimate of drug-likeness (QED) is 0.687. The van der Waals surface area contributed by atoms with Gasteiger partial charge in [0.1, 0.15) is 0 Å². The third-order valence-electron chi connectivity index (χ3n) is 2.48. The lowest BCUT2D eigenvalue weighted by Gasteiger charge is -2.28. The second-order valence-electron chi connectivity index (χ2n) is 4.71. The lowest BCUT2D eigenvalue weighted by molar-refractivity contribution is 0.156. The predicted octanol–water partition coefficient (Wildman–Crippen LogP) is 1.98. The molecular formula is C11H25NO. The van der Waals surface area contributed by atoms with E-state index in [1.54, 1.807) is 0 Å². The highest BCUT2D eigenvalue weighted by Crippen LogP contribution is 2.10. The molecule has 0 aromatic rings. The van der Waals surface area contributed by atoms with Crippen LogP contribution in [0.5, 0.6) is 0 Å². The summed E-state index contributed by atoms with van der Waals surface area (Å²) in [5.41, 5.74) is 0. The van der Waals surface area contributed by atoms with Crippen LogP contribution in [0.1, 0.15) is 34.1 Å². The van der Waals surface area contributed by atoms with E-state index in [0.29, 0.717) is 18.6 Å². The van der Waals surface area contributed by atoms with Crippen molar-refractivity contribution in [2.75, 3.05) is 20.2 Å². The lowest BCUT2D eigenvalue weighted by Crippen LogP contribution is -2.34. The van der Waals surface area contributed by atoms with Crippen LogP contribution in [0.3, 0.4) is 0 Å². The molecule has 0 fully saturated rings. The van der Waals surface area contributed by atoms with Crippen LogP contribution in [0.25, 0.3) is 0 Å². The molecular weight excluding hydrogens is 162 g/mol. The van der Waals surface area contributed by atoms with Gasteiger partial charge in [0.2, 0.25) is 0 Å². The second kappa shape index (κ2) is 6.39. The van der Waals surface area contributed by atoms with Gasteiger partial charge in [-0.25, -0.2) is 0 Å². The minimum absolute atomic E-state index is 0.290. The predicted molar refractivity (Wildman–Crippen MR) is 57.8 cm³/mol. The molecule has 0 spiro atoms. The van der Waals surface area contributed by atoms with Gasteiger partial charge in [0, 0.05) is 19.2 Å². The number of hydrogen-bond donors (Lipinski definition) is 1. The largest absolute Gasteiger partial charge is 0.396 e. The van der Waals surface area contributed by atoms with E-state index < -0.39 is 0 Å². The Hall–Kier alpha value is -0.0800. The highest BCUT2D eigenvalue weighted by atomic mass is 16.3. The highest BCUT2D eigenvalue weighted by molar-refractivity contribution is 4.67. The summed E-state index contributed by atoms with van der Waals surface area (Å²) in [6.45, 7) is 10.1. The molecule has 0 aliphatic carbocycles. The Balaban J connectivity index is 3.74. The van der Waals surface area contributed by atoms with E-state index in [1.165, 1.54) is 6.42 Å². The van der Waals surface area contributed by atoms with Crippen molar-refractivity contribution in [2.45, 2.75) is 40.2 Å². The topological polar surface area (TPSA) is 23.5 Å². The molecule has 0 saturated heterocycles. The Labute approximate surface area is 82.9 Å². The molecule has 0 heterocycles. The van der Waals surface area contributed by atoms with E-state index in [1.807, 2.05) is 0 Å². The van der Waals surface area contributed by atoms with Gasteiger partial charge in [0.25, 0.3) is 0 Å². The summed E-state index contributed by atoms with van der Waals surface area (Å²) in [6.07, 6.45) is 1.23. The summed E-state index contributed by atoms with van der Waals surface area (Å²) in [5, 5.41) is 8.92. The molecule has 0 radical (unpaired) electrons. The molecule has 13 heavy (non-hydrogen) atoms. The van der Waals surface area contributed by atoms with E-state index in [-0.39, 0.29) is 0 Å². The average Bonchev–Trinajstić information content (AvgIpc) is 2.02. The van der Waals surface area contributed by atoms with E-state index in [9.17, 15) is 0 Å². The zero-order valence-corrected chi connectivity index (χ0v) is 9.75. The van der Waals surface area contributed by atoms with Gasteiger partial charge in [-0.05, 0) is 32.2 Å². The number of nitrogens with zero attached hydrogens (tertiary/aromatic N) is 1. The summed E-state index contributed by atoms with van der Waals surface area (Å²) >= 11 is 0. The summed E-state index contributed by atoms with van der Waals surface area (Å²) in [6, 6.07) is 0.619. The van der Waals surface area contributed by atoms with Crippen molar-refractivity contribution in [2.24, 2.45) is 11.8 Å². The maximum atomic E-state index is 8.92. The van der Waals surface area contributed by atoms with Crippen molar-refractivity contribution in [3.05, 3.63) is 0 Å². The molecule has 0 aliphatic heterocycles. The van der Waals surface area contributed by atoms with Gasteiger partial charge in [-0.1, -0.05) is 20.8 Å². The van der Waals surface area contributed by atoms with Crippen molar-refractivity contribution in [3.8, 4) is 0 Å². The molecule has 2 nitrogen and oxygen atoms in total. The first-order valence-corrected chi connectivity index (χ1v) is 5.28. The minimum Gasteiger partial charge on any atom is -0.396 e. The van der Waals surface area contributed by atoms with Crippen molar-refractivity contribution >= 4 is 0 Å². The first-order chi connectivity index (χ1) is 5.97. The van der Waals surface area contributed by atoms with E-state index >= 15 is 0 Å². The van der Waals surface area contributed by atoms with Crippen molar-refractivity contribution < 1.29 is 5.11 Å². The first kappa shape index (κ1) is 12.9. The zero-order valence-electron chi connectivity index (χ0n) is 9.75. The fourth-order valence-electron chi connectivity index (χ4n) is 1.59. The molecule has 2 atom stereocenters. The average molecular weight is 187 g/mol. The molecule has 0 rings (SSSR count). The van der Waals surface area contributed by atoms with Crippen LogP contribution in [-0.4, -0.2) is 36.2 Å². The van der Waals surface area contributed by atoms with Gasteiger partial charge in [-0.3, -0.25) is 0 Å². The smallest absolute Gasteiger partial charge is 0.0468 e. The van der Waals surface area contributed by atoms with Gasteiger partial charge in [-0.2, -0.15) is 0 Å². The monoisotopic (exact) mass is 187 g/mol. The fourth-order valence-corrected chi connectivity index (χ4v) is 1.59. The number of aliphatic hydroxyl groups excluding tert-OH is 1. The standard InChI is InChI=1S/C11H25NO/c1-9(2)6-11(4)12(5)7-10(3)8-13/h9-11,13H,6-8H2,1-5H3. The van der Waals surface area contributed by atoms with Gasteiger partial charge in [0.05, 0.1) is 0 Å². The van der Waals surface area contributed by atoms with Crippen LogP contribution < -0.4 is 0 Å². The number of hydrogen-bond acceptors (Lipinski definition) is 2. The molecule has 80 valence electrons. The van der Waals surface area contributed by atoms with Crippen molar-refractivity contribution in [1.82, 2.24) is 4.90 Å². The number of aliphatic hydroxyl groups is 1. The molecule has 0 bridgehead atoms. The van der Waals surface area contributed by atoms with Crippen molar-refractivity contribution in [3.63, 3.8) is 0 Å². The molecule has 0 aliphatic rings. The lowest BCUT2D eigenvalue weighted by atomic mass is 10.0. The summed E-state index contributed by atoms with van der Waals surface area (Å²) in [5.74, 6) is 1.14. The highest BCUT2D eigenvalue weighted by Gasteiger charge is 2.12. The summed E-state index contributed by atoms with van der Waals surface area (Å²) in [4.78, 5) is 2.33. The number of rotatable bonds is 6. The van der Waals surface area contributed by atoms with Crippen LogP contribution in [0.2, 0.25) is 0 Å². The Morgan fingerprint density at radius 2 is 1.69 bits per heavy atom. The molecule has 2 unspecified atom stereocenters. The zero-order chi connectivity index (χ0) is 10.4. The second-order valence-corrected chi connectivity index (χ2v) is 4.71. The summed E-state index contributed by atoms with van der Waals surface area (Å²) in [7, 11) is 2.14. The maximum absolute atomic E-state index is 8.92. The summed E-state index contributed by atoms with van der Waals surface area (Å²) < 4.78 is 0. The fraction of sp³-hybridized carbons (Fsp3) is 1.00. The minimum atomic E-state index is 0.290. The van der Waals surface area contributed by atoms with Gasteiger partial charge in [-0.15, -0.1) is 0 Å². The SMILES string of the molecule is CC(C)CC(C)N(C)CC(C)CO. The van der Waals surface area contributed by atoms with Gasteiger partial charge in [0.15, 0.2) is 0 Å². The molecule has 0 amide bonds. The van der Waals surface area contributed by atoms with Crippen molar-refractivity contribution in [1.29, 1.82) is 0 Å².